The van der Waals surface area contributed by atoms with Gasteiger partial charge in [0.2, 0.25) is 5.89 Å². The van der Waals surface area contributed by atoms with Crippen molar-refractivity contribution in [3.8, 4) is 0 Å². The van der Waals surface area contributed by atoms with Crippen LogP contribution in [0.5, 0.6) is 0 Å². The van der Waals surface area contributed by atoms with Crippen LogP contribution in [0.15, 0.2) is 34.9 Å². The fourth-order valence-electron chi connectivity index (χ4n) is 5.37. The normalized spacial score (nSPS) is 30.1. The van der Waals surface area contributed by atoms with Crippen molar-refractivity contribution in [2.24, 2.45) is 5.41 Å². The van der Waals surface area contributed by atoms with Gasteiger partial charge in [-0.15, -0.1) is 0 Å². The number of hydrogen-bond acceptors (Lipinski definition) is 5. The molecule has 3 saturated carbocycles. The van der Waals surface area contributed by atoms with Crippen molar-refractivity contribution < 1.29 is 4.52 Å². The molecule has 0 bridgehead atoms. The predicted molar refractivity (Wildman–Crippen MR) is 107 cm³/mol. The Hall–Kier alpha value is -1.72. The van der Waals surface area contributed by atoms with Crippen LogP contribution in [0.25, 0.3) is 0 Å². The molecule has 5 nitrogen and oxygen atoms in total. The van der Waals surface area contributed by atoms with Crippen LogP contribution in [-0.4, -0.2) is 35.8 Å². The SMILES string of the molecule is c1ccc([C@@H]2C[C@H]2NCC2(c3noc(C4CCC5(CC4)CNC5)n3)CC2)cc1. The molecule has 1 aromatic heterocycles. The molecule has 1 saturated heterocycles. The summed E-state index contributed by atoms with van der Waals surface area (Å²) in [5.74, 6) is 3.00. The topological polar surface area (TPSA) is 63.0 Å². The highest BCUT2D eigenvalue weighted by atomic mass is 16.5. The average Bonchev–Trinajstić information content (AvgIpc) is 3.63. The van der Waals surface area contributed by atoms with Gasteiger partial charge in [0, 0.05) is 42.9 Å². The van der Waals surface area contributed by atoms with Gasteiger partial charge in [-0.1, -0.05) is 35.5 Å². The molecule has 2 N–H and O–H groups in total. The lowest BCUT2D eigenvalue weighted by Gasteiger charge is -2.46. The summed E-state index contributed by atoms with van der Waals surface area (Å²) in [6, 6.07) is 11.5. The van der Waals surface area contributed by atoms with Crippen molar-refractivity contribution in [1.82, 2.24) is 20.8 Å². The molecule has 2 atom stereocenters. The van der Waals surface area contributed by atoms with Crippen molar-refractivity contribution in [2.45, 2.75) is 68.2 Å². The minimum Gasteiger partial charge on any atom is -0.339 e. The summed E-state index contributed by atoms with van der Waals surface area (Å²) in [5.41, 5.74) is 2.17. The van der Waals surface area contributed by atoms with E-state index in [2.05, 4.69) is 46.1 Å². The van der Waals surface area contributed by atoms with Gasteiger partial charge < -0.3 is 15.2 Å². The zero-order valence-corrected chi connectivity index (χ0v) is 16.5. The summed E-state index contributed by atoms with van der Waals surface area (Å²) in [5, 5.41) is 11.7. The summed E-state index contributed by atoms with van der Waals surface area (Å²) in [7, 11) is 0. The van der Waals surface area contributed by atoms with Crippen molar-refractivity contribution in [3.63, 3.8) is 0 Å². The van der Waals surface area contributed by atoms with Crippen molar-refractivity contribution >= 4 is 0 Å². The summed E-state index contributed by atoms with van der Waals surface area (Å²) in [6.07, 6.45) is 8.62. The number of hydrogen-bond donors (Lipinski definition) is 2. The number of nitrogens with one attached hydrogen (secondary N) is 2. The molecule has 6 rings (SSSR count). The standard InChI is InChI=1S/C23H30N4O/c1-2-4-16(5-3-1)18-12-19(18)25-15-23(10-11-23)21-26-20(28-27-21)17-6-8-22(9-7-17)13-24-14-22/h1-5,17-19,24-25H,6-15H2/t18-,19+/m0/s1. The Labute approximate surface area is 166 Å². The zero-order chi connectivity index (χ0) is 18.6. The number of aromatic nitrogens is 2. The maximum atomic E-state index is 5.76. The van der Waals surface area contributed by atoms with Crippen LogP contribution in [-0.2, 0) is 5.41 Å². The van der Waals surface area contributed by atoms with Crippen molar-refractivity contribution in [2.75, 3.05) is 19.6 Å². The monoisotopic (exact) mass is 378 g/mol. The highest BCUT2D eigenvalue weighted by molar-refractivity contribution is 5.28. The molecule has 0 unspecified atom stereocenters. The Balaban J connectivity index is 1.06. The Morgan fingerprint density at radius 3 is 2.54 bits per heavy atom. The molecule has 0 radical (unpaired) electrons. The van der Waals surface area contributed by atoms with Gasteiger partial charge in [-0.2, -0.15) is 4.98 Å². The lowest BCUT2D eigenvalue weighted by molar-refractivity contribution is 0.0911. The minimum atomic E-state index is 0.124. The molecule has 2 aromatic rings. The summed E-state index contributed by atoms with van der Waals surface area (Å²) in [4.78, 5) is 4.90. The Morgan fingerprint density at radius 1 is 1.07 bits per heavy atom. The first-order valence-corrected chi connectivity index (χ1v) is 11.1. The average molecular weight is 379 g/mol. The smallest absolute Gasteiger partial charge is 0.229 e. The Kier molecular flexibility index (Phi) is 3.92. The molecule has 4 fully saturated rings. The fraction of sp³-hybridized carbons (Fsp3) is 0.652. The number of nitrogens with zero attached hydrogens (tertiary/aromatic N) is 2. The minimum absolute atomic E-state index is 0.124. The van der Waals surface area contributed by atoms with Gasteiger partial charge in [0.05, 0.1) is 0 Å². The maximum absolute atomic E-state index is 5.76. The molecule has 0 amide bonds. The Bertz CT molecular complexity index is 829. The second-order valence-corrected chi connectivity index (χ2v) is 9.85. The van der Waals surface area contributed by atoms with Gasteiger partial charge in [-0.3, -0.25) is 0 Å². The van der Waals surface area contributed by atoms with Gasteiger partial charge in [-0.25, -0.2) is 0 Å². The van der Waals surface area contributed by atoms with E-state index in [9.17, 15) is 0 Å². The largest absolute Gasteiger partial charge is 0.339 e. The molecule has 1 spiro atoms. The van der Waals surface area contributed by atoms with Gasteiger partial charge >= 0.3 is 0 Å². The summed E-state index contributed by atoms with van der Waals surface area (Å²) < 4.78 is 5.76. The van der Waals surface area contributed by atoms with Gasteiger partial charge in [0.25, 0.3) is 0 Å². The van der Waals surface area contributed by atoms with Crippen LogP contribution < -0.4 is 10.6 Å². The van der Waals surface area contributed by atoms with Crippen LogP contribution in [0.3, 0.4) is 0 Å². The van der Waals surface area contributed by atoms with Gasteiger partial charge in [0.1, 0.15) is 0 Å². The third kappa shape index (κ3) is 3.00. The first-order chi connectivity index (χ1) is 13.8. The second-order valence-electron chi connectivity index (χ2n) is 9.85. The molecule has 3 aliphatic carbocycles. The van der Waals surface area contributed by atoms with Gasteiger partial charge in [-0.05, 0) is 55.9 Å². The van der Waals surface area contributed by atoms with Crippen LogP contribution in [0.1, 0.15) is 74.1 Å². The number of benzene rings is 1. The molecule has 1 aromatic carbocycles. The van der Waals surface area contributed by atoms with E-state index in [1.54, 1.807) is 0 Å². The maximum Gasteiger partial charge on any atom is 0.229 e. The van der Waals surface area contributed by atoms with Gasteiger partial charge in [0.15, 0.2) is 5.82 Å². The lowest BCUT2D eigenvalue weighted by Crippen LogP contribution is -2.54. The summed E-state index contributed by atoms with van der Waals surface area (Å²) >= 11 is 0. The van der Waals surface area contributed by atoms with E-state index in [0.29, 0.717) is 23.3 Å². The van der Waals surface area contributed by atoms with Crippen LogP contribution in [0.4, 0.5) is 0 Å². The van der Waals surface area contributed by atoms with Crippen molar-refractivity contribution in [3.05, 3.63) is 47.6 Å². The van der Waals surface area contributed by atoms with E-state index in [-0.39, 0.29) is 5.41 Å². The quantitative estimate of drug-likeness (QED) is 0.806. The zero-order valence-electron chi connectivity index (χ0n) is 16.5. The molecule has 148 valence electrons. The highest BCUT2D eigenvalue weighted by Gasteiger charge is 2.50. The molecular weight excluding hydrogens is 348 g/mol. The summed E-state index contributed by atoms with van der Waals surface area (Å²) in [6.45, 7) is 3.39. The molecule has 28 heavy (non-hydrogen) atoms. The second kappa shape index (κ2) is 6.39. The van der Waals surface area contributed by atoms with E-state index in [1.807, 2.05) is 0 Å². The molecule has 2 heterocycles. The third-order valence-electron chi connectivity index (χ3n) is 7.89. The van der Waals surface area contributed by atoms with E-state index in [4.69, 9.17) is 9.51 Å². The van der Waals surface area contributed by atoms with E-state index < -0.39 is 0 Å². The molecule has 4 aliphatic rings. The lowest BCUT2D eigenvalue weighted by atomic mass is 9.67. The van der Waals surface area contributed by atoms with Crippen molar-refractivity contribution in [1.29, 1.82) is 0 Å². The van der Waals surface area contributed by atoms with E-state index in [0.717, 1.165) is 18.3 Å². The first-order valence-electron chi connectivity index (χ1n) is 11.1. The van der Waals surface area contributed by atoms with E-state index >= 15 is 0 Å². The molecular formula is C23H30N4O. The predicted octanol–water partition coefficient (Wildman–Crippen LogP) is 3.49. The molecule has 1 aliphatic heterocycles. The third-order valence-corrected chi connectivity index (χ3v) is 7.89. The number of rotatable bonds is 6. The van der Waals surface area contributed by atoms with E-state index in [1.165, 1.54) is 63.6 Å². The molecule has 5 heteroatoms. The fourth-order valence-corrected chi connectivity index (χ4v) is 5.37. The van der Waals surface area contributed by atoms with Crippen LogP contribution >= 0.6 is 0 Å². The highest BCUT2D eigenvalue weighted by Crippen LogP contribution is 2.49. The Morgan fingerprint density at radius 2 is 1.86 bits per heavy atom. The first kappa shape index (κ1) is 17.2. The van der Waals surface area contributed by atoms with Crippen LogP contribution in [0.2, 0.25) is 0 Å². The van der Waals surface area contributed by atoms with Crippen LogP contribution in [0, 0.1) is 5.41 Å².